The zero-order valence-electron chi connectivity index (χ0n) is 15.0. The molecule has 28 heavy (non-hydrogen) atoms. The third kappa shape index (κ3) is 4.83. The van der Waals surface area contributed by atoms with Gasteiger partial charge in [-0.25, -0.2) is 14.8 Å². The highest BCUT2D eigenvalue weighted by Crippen LogP contribution is 2.16. The summed E-state index contributed by atoms with van der Waals surface area (Å²) in [6.45, 7) is 0.486. The second-order valence-corrected chi connectivity index (χ2v) is 6.17. The number of carbonyl (C=O) groups is 2. The van der Waals surface area contributed by atoms with E-state index in [1.165, 1.54) is 25.6 Å². The Bertz CT molecular complexity index is 993. The van der Waals surface area contributed by atoms with Gasteiger partial charge < -0.3 is 15.4 Å². The van der Waals surface area contributed by atoms with Crippen molar-refractivity contribution < 1.29 is 14.3 Å². The molecule has 0 unspecified atom stereocenters. The smallest absolute Gasteiger partial charge is 0.337 e. The van der Waals surface area contributed by atoms with E-state index in [1.807, 2.05) is 24.3 Å². The van der Waals surface area contributed by atoms with Gasteiger partial charge >= 0.3 is 5.97 Å². The van der Waals surface area contributed by atoms with Gasteiger partial charge in [0.2, 0.25) is 0 Å². The number of amides is 1. The van der Waals surface area contributed by atoms with Crippen LogP contribution >= 0.6 is 11.6 Å². The Morgan fingerprint density at radius 2 is 1.89 bits per heavy atom. The number of esters is 1. The predicted octanol–water partition coefficient (Wildman–Crippen LogP) is 3.78. The van der Waals surface area contributed by atoms with Crippen LogP contribution in [-0.2, 0) is 11.3 Å². The number of nitrogens with one attached hydrogen (secondary N) is 2. The average Bonchev–Trinajstić information content (AvgIpc) is 2.73. The van der Waals surface area contributed by atoms with E-state index in [0.717, 1.165) is 5.56 Å². The largest absolute Gasteiger partial charge is 0.465 e. The number of carbonyl (C=O) groups excluding carboxylic acids is 2. The number of benzene rings is 2. The van der Waals surface area contributed by atoms with Crippen molar-refractivity contribution in [3.05, 3.63) is 82.8 Å². The number of ether oxygens (including phenoxy) is 1. The molecule has 0 spiro atoms. The molecule has 3 aromatic rings. The fraction of sp³-hybridized carbons (Fsp3) is 0.100. The van der Waals surface area contributed by atoms with Crippen molar-refractivity contribution >= 4 is 35.0 Å². The van der Waals surface area contributed by atoms with E-state index in [2.05, 4.69) is 25.3 Å². The van der Waals surface area contributed by atoms with Crippen LogP contribution in [0.25, 0.3) is 0 Å². The average molecular weight is 397 g/mol. The van der Waals surface area contributed by atoms with Crippen molar-refractivity contribution in [3.8, 4) is 0 Å². The fourth-order valence-electron chi connectivity index (χ4n) is 2.40. The first-order valence-corrected chi connectivity index (χ1v) is 8.73. The molecule has 2 aromatic carbocycles. The normalized spacial score (nSPS) is 10.2. The topological polar surface area (TPSA) is 93.2 Å². The first-order valence-electron chi connectivity index (χ1n) is 8.36. The monoisotopic (exact) mass is 396 g/mol. The lowest BCUT2D eigenvalue weighted by atomic mass is 10.2. The molecule has 1 heterocycles. The van der Waals surface area contributed by atoms with Crippen LogP contribution in [-0.4, -0.2) is 29.0 Å². The van der Waals surface area contributed by atoms with Gasteiger partial charge in [0.15, 0.2) is 0 Å². The molecule has 0 aliphatic rings. The van der Waals surface area contributed by atoms with E-state index in [0.29, 0.717) is 28.6 Å². The quantitative estimate of drug-likeness (QED) is 0.616. The molecule has 142 valence electrons. The standard InChI is InChI=1S/C20H17ClN4O3/c1-28-20(27)13-6-4-7-15(9-13)25-19(26)17-11-24-18(12-22-17)23-10-14-5-2-3-8-16(14)21/h2-9,11-12H,10H2,1H3,(H,23,24)(H,25,26). The maximum Gasteiger partial charge on any atom is 0.337 e. The lowest BCUT2D eigenvalue weighted by Gasteiger charge is -2.08. The number of halogens is 1. The number of aromatic nitrogens is 2. The molecule has 0 atom stereocenters. The molecular formula is C20H17ClN4O3. The minimum absolute atomic E-state index is 0.145. The molecule has 8 heteroatoms. The summed E-state index contributed by atoms with van der Waals surface area (Å²) in [6.07, 6.45) is 2.84. The fourth-order valence-corrected chi connectivity index (χ4v) is 2.60. The van der Waals surface area contributed by atoms with Crippen molar-refractivity contribution in [1.29, 1.82) is 0 Å². The second kappa shape index (κ2) is 8.96. The van der Waals surface area contributed by atoms with Crippen LogP contribution in [0.5, 0.6) is 0 Å². The van der Waals surface area contributed by atoms with Crippen molar-refractivity contribution in [2.45, 2.75) is 6.54 Å². The summed E-state index contributed by atoms with van der Waals surface area (Å²) >= 11 is 6.12. The molecule has 0 saturated carbocycles. The summed E-state index contributed by atoms with van der Waals surface area (Å²) in [4.78, 5) is 32.2. The van der Waals surface area contributed by atoms with Crippen LogP contribution in [0, 0.1) is 0 Å². The van der Waals surface area contributed by atoms with Gasteiger partial charge in [0.25, 0.3) is 5.91 Å². The van der Waals surface area contributed by atoms with E-state index in [9.17, 15) is 9.59 Å². The van der Waals surface area contributed by atoms with Crippen LogP contribution in [0.2, 0.25) is 5.02 Å². The van der Waals surface area contributed by atoms with Gasteiger partial charge in [-0.3, -0.25) is 4.79 Å². The van der Waals surface area contributed by atoms with E-state index >= 15 is 0 Å². The Balaban J connectivity index is 1.62. The van der Waals surface area contributed by atoms with Crippen LogP contribution in [0.1, 0.15) is 26.4 Å². The third-order valence-electron chi connectivity index (χ3n) is 3.84. The minimum Gasteiger partial charge on any atom is -0.465 e. The highest BCUT2D eigenvalue weighted by atomic mass is 35.5. The second-order valence-electron chi connectivity index (χ2n) is 5.76. The molecule has 0 saturated heterocycles. The van der Waals surface area contributed by atoms with Gasteiger partial charge in [-0.2, -0.15) is 0 Å². The van der Waals surface area contributed by atoms with Crippen molar-refractivity contribution in [2.75, 3.05) is 17.7 Å². The Morgan fingerprint density at radius 1 is 1.07 bits per heavy atom. The summed E-state index contributed by atoms with van der Waals surface area (Å²) in [5.74, 6) is -0.402. The Morgan fingerprint density at radius 3 is 2.61 bits per heavy atom. The summed E-state index contributed by atoms with van der Waals surface area (Å²) in [5.41, 5.74) is 1.87. The zero-order valence-corrected chi connectivity index (χ0v) is 15.7. The lowest BCUT2D eigenvalue weighted by Crippen LogP contribution is -2.15. The van der Waals surface area contributed by atoms with E-state index in [4.69, 9.17) is 11.6 Å². The van der Waals surface area contributed by atoms with Gasteiger partial charge in [-0.15, -0.1) is 0 Å². The van der Waals surface area contributed by atoms with Gasteiger partial charge in [-0.05, 0) is 29.8 Å². The van der Waals surface area contributed by atoms with Crippen LogP contribution in [0.3, 0.4) is 0 Å². The Hall–Kier alpha value is -3.45. The van der Waals surface area contributed by atoms with Gasteiger partial charge in [0.1, 0.15) is 11.5 Å². The molecule has 0 radical (unpaired) electrons. The van der Waals surface area contributed by atoms with Gasteiger partial charge in [0, 0.05) is 17.3 Å². The number of nitrogens with zero attached hydrogens (tertiary/aromatic N) is 2. The Kier molecular flexibility index (Phi) is 6.18. The van der Waals surface area contributed by atoms with E-state index in [1.54, 1.807) is 18.2 Å². The number of rotatable bonds is 6. The summed E-state index contributed by atoms with van der Waals surface area (Å²) < 4.78 is 4.67. The molecule has 2 N–H and O–H groups in total. The number of hydrogen-bond donors (Lipinski definition) is 2. The molecule has 7 nitrogen and oxygen atoms in total. The number of methoxy groups -OCH3 is 1. The van der Waals surface area contributed by atoms with Crippen LogP contribution in [0.15, 0.2) is 60.9 Å². The van der Waals surface area contributed by atoms with Gasteiger partial charge in [-0.1, -0.05) is 35.9 Å². The number of anilines is 2. The first kappa shape index (κ1) is 19.3. The number of hydrogen-bond acceptors (Lipinski definition) is 6. The molecule has 0 aliphatic carbocycles. The zero-order chi connectivity index (χ0) is 19.9. The first-order chi connectivity index (χ1) is 13.6. The maximum atomic E-state index is 12.3. The lowest BCUT2D eigenvalue weighted by molar-refractivity contribution is 0.0600. The van der Waals surface area contributed by atoms with E-state index in [-0.39, 0.29) is 5.69 Å². The molecule has 3 rings (SSSR count). The molecule has 0 fully saturated rings. The molecular weight excluding hydrogens is 380 g/mol. The highest BCUT2D eigenvalue weighted by Gasteiger charge is 2.11. The summed E-state index contributed by atoms with van der Waals surface area (Å²) in [7, 11) is 1.30. The van der Waals surface area contributed by atoms with E-state index < -0.39 is 11.9 Å². The highest BCUT2D eigenvalue weighted by molar-refractivity contribution is 6.31. The SMILES string of the molecule is COC(=O)c1cccc(NC(=O)c2cnc(NCc3ccccc3Cl)cn2)c1. The molecule has 1 amide bonds. The molecule has 0 aliphatic heterocycles. The van der Waals surface area contributed by atoms with Crippen LogP contribution < -0.4 is 10.6 Å². The summed E-state index contributed by atoms with van der Waals surface area (Å²) in [5, 5.41) is 6.44. The maximum absolute atomic E-state index is 12.3. The van der Waals surface area contributed by atoms with Crippen molar-refractivity contribution in [3.63, 3.8) is 0 Å². The van der Waals surface area contributed by atoms with Crippen LogP contribution in [0.4, 0.5) is 11.5 Å². The van der Waals surface area contributed by atoms with Crippen molar-refractivity contribution in [1.82, 2.24) is 9.97 Å². The van der Waals surface area contributed by atoms with Crippen molar-refractivity contribution in [2.24, 2.45) is 0 Å². The minimum atomic E-state index is -0.482. The summed E-state index contributed by atoms with van der Waals surface area (Å²) in [6, 6.07) is 13.9. The Labute approximate surface area is 166 Å². The van der Waals surface area contributed by atoms with Gasteiger partial charge in [0.05, 0.1) is 25.1 Å². The molecule has 1 aromatic heterocycles. The predicted molar refractivity (Wildman–Crippen MR) is 107 cm³/mol. The molecule has 0 bridgehead atoms. The third-order valence-corrected chi connectivity index (χ3v) is 4.21.